The lowest BCUT2D eigenvalue weighted by Crippen LogP contribution is -2.10. The number of carbonyl (C=O) groups is 1. The third kappa shape index (κ3) is 2.06. The van der Waals surface area contributed by atoms with E-state index in [0.717, 1.165) is 4.68 Å². The van der Waals surface area contributed by atoms with Gasteiger partial charge >= 0.3 is 12.1 Å². The molecule has 0 amide bonds. The van der Waals surface area contributed by atoms with Crippen LogP contribution in [0.4, 0.5) is 13.2 Å². The highest BCUT2D eigenvalue weighted by Gasteiger charge is 2.40. The summed E-state index contributed by atoms with van der Waals surface area (Å²) >= 11 is 0. The molecule has 7 nitrogen and oxygen atoms in total. The third-order valence-corrected chi connectivity index (χ3v) is 4.01. The van der Waals surface area contributed by atoms with Crippen molar-refractivity contribution in [3.8, 4) is 5.82 Å². The first-order chi connectivity index (χ1) is 11.4. The number of hydrogen-bond acceptors (Lipinski definition) is 4. The number of aromatic nitrogens is 5. The second-order valence-electron chi connectivity index (χ2n) is 5.47. The van der Waals surface area contributed by atoms with Crippen LogP contribution in [-0.2, 0) is 19.0 Å². The van der Waals surface area contributed by atoms with E-state index in [2.05, 4.69) is 20.1 Å². The summed E-state index contributed by atoms with van der Waals surface area (Å²) < 4.78 is 40.6. The van der Waals surface area contributed by atoms with Gasteiger partial charge in [0.1, 0.15) is 11.1 Å². The third-order valence-electron chi connectivity index (χ3n) is 4.01. The summed E-state index contributed by atoms with van der Waals surface area (Å²) in [6, 6.07) is 0. The fourth-order valence-electron chi connectivity index (χ4n) is 3.00. The van der Waals surface area contributed by atoms with Crippen LogP contribution in [0.2, 0.25) is 0 Å². The fraction of sp³-hybridized carbons (Fsp3) is 0.286. The molecule has 0 fully saturated rings. The zero-order chi connectivity index (χ0) is 17.1. The number of nitrogens with one attached hydrogen (secondary N) is 1. The van der Waals surface area contributed by atoms with Gasteiger partial charge in [0.25, 0.3) is 0 Å². The van der Waals surface area contributed by atoms with Crippen LogP contribution >= 0.6 is 0 Å². The van der Waals surface area contributed by atoms with Gasteiger partial charge in [-0.2, -0.15) is 18.3 Å². The monoisotopic (exact) mass is 337 g/mol. The standard InChI is InChI=1S/C14H10F3N5O2/c15-14(16,17)11-6-2-1-3-8(6)22(21-11)9-5-19-12-10(20-9)7(4-18-12)13(23)24/h4-5H,1-3H2,(H,18,19)(H,23,24). The molecule has 3 heterocycles. The highest BCUT2D eigenvalue weighted by molar-refractivity contribution is 6.00. The molecule has 0 aromatic carbocycles. The molecule has 24 heavy (non-hydrogen) atoms. The van der Waals surface area contributed by atoms with E-state index >= 15 is 0 Å². The van der Waals surface area contributed by atoms with E-state index in [-0.39, 0.29) is 28.1 Å². The first-order valence-electron chi connectivity index (χ1n) is 7.12. The average Bonchev–Trinajstić information content (AvgIpc) is 3.19. The van der Waals surface area contributed by atoms with Crippen molar-refractivity contribution < 1.29 is 23.1 Å². The van der Waals surface area contributed by atoms with Crippen molar-refractivity contribution in [1.29, 1.82) is 0 Å². The Morgan fingerprint density at radius 1 is 1.33 bits per heavy atom. The molecule has 0 spiro atoms. The van der Waals surface area contributed by atoms with Crippen LogP contribution in [0.15, 0.2) is 12.4 Å². The van der Waals surface area contributed by atoms with E-state index in [1.54, 1.807) is 0 Å². The highest BCUT2D eigenvalue weighted by atomic mass is 19.4. The van der Waals surface area contributed by atoms with E-state index in [9.17, 15) is 18.0 Å². The SMILES string of the molecule is O=C(O)c1c[nH]c2ncc(-n3nc(C(F)(F)F)c4c3CCC4)nc12. The normalized spacial score (nSPS) is 14.3. The Morgan fingerprint density at radius 3 is 2.83 bits per heavy atom. The van der Waals surface area contributed by atoms with Crippen molar-refractivity contribution in [2.75, 3.05) is 0 Å². The van der Waals surface area contributed by atoms with E-state index < -0.39 is 17.8 Å². The highest BCUT2D eigenvalue weighted by Crippen LogP contribution is 2.37. The van der Waals surface area contributed by atoms with E-state index in [0.29, 0.717) is 25.0 Å². The quantitative estimate of drug-likeness (QED) is 0.748. The largest absolute Gasteiger partial charge is 0.478 e. The van der Waals surface area contributed by atoms with Crippen molar-refractivity contribution >= 4 is 17.1 Å². The van der Waals surface area contributed by atoms with Gasteiger partial charge in [-0.25, -0.2) is 19.4 Å². The Bertz CT molecular complexity index is 973. The van der Waals surface area contributed by atoms with E-state index in [4.69, 9.17) is 5.11 Å². The van der Waals surface area contributed by atoms with Gasteiger partial charge in [0.2, 0.25) is 0 Å². The van der Waals surface area contributed by atoms with Gasteiger partial charge < -0.3 is 10.1 Å². The van der Waals surface area contributed by atoms with Gasteiger partial charge in [-0.3, -0.25) is 0 Å². The number of halogens is 3. The number of carboxylic acids is 1. The molecule has 0 saturated carbocycles. The van der Waals surface area contributed by atoms with Crippen LogP contribution in [0.25, 0.3) is 17.0 Å². The summed E-state index contributed by atoms with van der Waals surface area (Å²) in [5.41, 5.74) is -0.0595. The molecule has 0 aliphatic heterocycles. The summed E-state index contributed by atoms with van der Waals surface area (Å²) in [5.74, 6) is -1.13. The minimum Gasteiger partial charge on any atom is -0.478 e. The molecule has 10 heteroatoms. The number of alkyl halides is 3. The number of aromatic amines is 1. The number of H-pyrrole nitrogens is 1. The lowest BCUT2D eigenvalue weighted by molar-refractivity contribution is -0.141. The molecular formula is C14H10F3N5O2. The van der Waals surface area contributed by atoms with Crippen LogP contribution in [-0.4, -0.2) is 35.8 Å². The second kappa shape index (κ2) is 4.79. The molecule has 1 aliphatic rings. The summed E-state index contributed by atoms with van der Waals surface area (Å²) in [7, 11) is 0. The Labute approximate surface area is 132 Å². The Hall–Kier alpha value is -2.91. The molecule has 3 aromatic heterocycles. The molecule has 4 rings (SSSR count). The van der Waals surface area contributed by atoms with Crippen molar-refractivity contribution in [3.63, 3.8) is 0 Å². The van der Waals surface area contributed by atoms with Gasteiger partial charge in [-0.05, 0) is 19.3 Å². The summed E-state index contributed by atoms with van der Waals surface area (Å²) in [6.07, 6.45) is -0.656. The maximum Gasteiger partial charge on any atom is 0.435 e. The van der Waals surface area contributed by atoms with Crippen molar-refractivity contribution in [1.82, 2.24) is 24.7 Å². The van der Waals surface area contributed by atoms with Gasteiger partial charge in [-0.1, -0.05) is 0 Å². The van der Waals surface area contributed by atoms with Crippen LogP contribution in [0.1, 0.15) is 33.7 Å². The second-order valence-corrected chi connectivity index (χ2v) is 5.47. The fourth-order valence-corrected chi connectivity index (χ4v) is 3.00. The topological polar surface area (TPSA) is 96.7 Å². The van der Waals surface area contributed by atoms with Crippen LogP contribution < -0.4 is 0 Å². The zero-order valence-electron chi connectivity index (χ0n) is 12.1. The predicted octanol–water partition coefficient (Wildman–Crippen LogP) is 2.35. The number of hydrogen-bond donors (Lipinski definition) is 2. The predicted molar refractivity (Wildman–Crippen MR) is 75.0 cm³/mol. The number of fused-ring (bicyclic) bond motifs is 2. The van der Waals surface area contributed by atoms with Crippen molar-refractivity contribution in [2.24, 2.45) is 0 Å². The van der Waals surface area contributed by atoms with Gasteiger partial charge in [0.15, 0.2) is 17.2 Å². The minimum absolute atomic E-state index is 0.0678. The molecule has 0 bridgehead atoms. The number of nitrogens with zero attached hydrogens (tertiary/aromatic N) is 4. The maximum atomic E-state index is 13.2. The van der Waals surface area contributed by atoms with Gasteiger partial charge in [0.05, 0.1) is 6.20 Å². The van der Waals surface area contributed by atoms with Crippen molar-refractivity contribution in [3.05, 3.63) is 34.9 Å². The van der Waals surface area contributed by atoms with Crippen LogP contribution in [0.3, 0.4) is 0 Å². The smallest absolute Gasteiger partial charge is 0.435 e. The number of aromatic carboxylic acids is 1. The molecule has 0 unspecified atom stereocenters. The lowest BCUT2D eigenvalue weighted by Gasteiger charge is -2.05. The number of carboxylic acid groups (broad SMARTS) is 1. The molecule has 2 N–H and O–H groups in total. The summed E-state index contributed by atoms with van der Waals surface area (Å²) in [5, 5.41) is 12.8. The molecule has 0 saturated heterocycles. The van der Waals surface area contributed by atoms with Gasteiger partial charge in [0, 0.05) is 17.5 Å². The van der Waals surface area contributed by atoms with Crippen molar-refractivity contribution in [2.45, 2.75) is 25.4 Å². The summed E-state index contributed by atoms with van der Waals surface area (Å²) in [4.78, 5) is 22.0. The molecule has 1 aliphatic carbocycles. The van der Waals surface area contributed by atoms with E-state index in [1.165, 1.54) is 12.4 Å². The molecule has 0 atom stereocenters. The lowest BCUT2D eigenvalue weighted by atomic mass is 10.2. The maximum absolute atomic E-state index is 13.2. The Balaban J connectivity index is 1.92. The van der Waals surface area contributed by atoms with Crippen LogP contribution in [0, 0.1) is 0 Å². The van der Waals surface area contributed by atoms with Crippen LogP contribution in [0.5, 0.6) is 0 Å². The molecule has 3 aromatic rings. The first-order valence-corrected chi connectivity index (χ1v) is 7.12. The molecule has 124 valence electrons. The average molecular weight is 337 g/mol. The Morgan fingerprint density at radius 2 is 2.12 bits per heavy atom. The minimum atomic E-state index is -4.54. The van der Waals surface area contributed by atoms with Gasteiger partial charge in [-0.15, -0.1) is 0 Å². The molecule has 0 radical (unpaired) electrons. The van der Waals surface area contributed by atoms with E-state index in [1.807, 2.05) is 0 Å². The zero-order valence-corrected chi connectivity index (χ0v) is 12.1. The Kier molecular flexibility index (Phi) is 2.93. The summed E-state index contributed by atoms with van der Waals surface area (Å²) in [6.45, 7) is 0. The first kappa shape index (κ1) is 14.7. The number of rotatable bonds is 2. The molecular weight excluding hydrogens is 327 g/mol.